The highest BCUT2D eigenvalue weighted by Gasteiger charge is 2.32. The van der Waals surface area contributed by atoms with Gasteiger partial charge in [-0.3, -0.25) is 14.5 Å². The van der Waals surface area contributed by atoms with Crippen molar-refractivity contribution in [2.75, 3.05) is 49.5 Å². The molecule has 2 heterocycles. The molecule has 0 fully saturated rings. The Morgan fingerprint density at radius 2 is 1.73 bits per heavy atom. The molecule has 0 saturated carbocycles. The lowest BCUT2D eigenvalue weighted by Crippen LogP contribution is -2.37. The predicted molar refractivity (Wildman–Crippen MR) is 164 cm³/mol. The third-order valence-electron chi connectivity index (χ3n) is 7.06. The zero-order valence-electron chi connectivity index (χ0n) is 24.4. The molecule has 1 aromatic heterocycles. The number of alkyl halides is 3. The number of nitrogens with zero attached hydrogens (tertiary/aromatic N) is 2. The summed E-state index contributed by atoms with van der Waals surface area (Å²) in [6.45, 7) is 0.792. The summed E-state index contributed by atoms with van der Waals surface area (Å²) in [5.74, 6) is -0.0947. The molecule has 3 aromatic carbocycles. The van der Waals surface area contributed by atoms with Crippen LogP contribution in [0, 0.1) is 0 Å². The molecule has 236 valence electrons. The maximum atomic E-state index is 13.6. The van der Waals surface area contributed by atoms with Gasteiger partial charge in [-0.15, -0.1) is 0 Å². The molecule has 1 amide bonds. The van der Waals surface area contributed by atoms with Gasteiger partial charge in [0.15, 0.2) is 6.79 Å². The van der Waals surface area contributed by atoms with Gasteiger partial charge in [0.2, 0.25) is 10.0 Å². The summed E-state index contributed by atoms with van der Waals surface area (Å²) < 4.78 is 83.0. The van der Waals surface area contributed by atoms with Crippen molar-refractivity contribution in [1.82, 2.24) is 4.98 Å². The van der Waals surface area contributed by atoms with E-state index < -0.39 is 21.8 Å². The molecular formula is C32H30F3N3O6S. The molecule has 0 saturated heterocycles. The molecule has 4 aromatic rings. The molecule has 1 aliphatic heterocycles. The van der Waals surface area contributed by atoms with E-state index in [1.807, 2.05) is 0 Å². The Bertz CT molecular complexity index is 1800. The number of hydrogen-bond donors (Lipinski definition) is 1. The number of pyridine rings is 1. The van der Waals surface area contributed by atoms with E-state index in [2.05, 4.69) is 9.71 Å². The highest BCUT2D eigenvalue weighted by Crippen LogP contribution is 2.38. The molecule has 0 bridgehead atoms. The van der Waals surface area contributed by atoms with Crippen LogP contribution in [0.3, 0.4) is 0 Å². The van der Waals surface area contributed by atoms with Crippen LogP contribution in [0.25, 0.3) is 22.4 Å². The molecule has 0 atom stereocenters. The van der Waals surface area contributed by atoms with Gasteiger partial charge in [-0.05, 0) is 53.9 Å². The molecule has 5 rings (SSSR count). The number of anilines is 2. The Balaban J connectivity index is 1.44. The number of hydrogen-bond acceptors (Lipinski definition) is 7. The highest BCUT2D eigenvalue weighted by atomic mass is 32.2. The van der Waals surface area contributed by atoms with Crippen LogP contribution in [0.1, 0.15) is 21.5 Å². The summed E-state index contributed by atoms with van der Waals surface area (Å²) >= 11 is 0. The molecular weight excluding hydrogens is 611 g/mol. The second-order valence-corrected chi connectivity index (χ2v) is 12.0. The van der Waals surface area contributed by atoms with Crippen LogP contribution in [0.2, 0.25) is 0 Å². The molecule has 13 heteroatoms. The normalized spacial score (nSPS) is 13.4. The van der Waals surface area contributed by atoms with Crippen LogP contribution in [0.5, 0.6) is 5.75 Å². The number of carbonyl (C=O) groups is 1. The second kappa shape index (κ2) is 13.3. The highest BCUT2D eigenvalue weighted by molar-refractivity contribution is 7.92. The standard InChI is InChI=1S/C32H30F3N3O6S/c1-42-14-15-43-20-44-29-11-9-25(18-28(29)37-45(2,40)41)38-13-12-22-16-23(8-10-26(22)31(38)39)30-27(21-6-4-3-5-7-21)17-24(19-36-30)32(33,34)35/h3-11,16-19,37H,12-15,20H2,1-2H3. The zero-order valence-corrected chi connectivity index (χ0v) is 25.2. The van der Waals surface area contributed by atoms with Gasteiger partial charge in [0.1, 0.15) is 5.75 Å². The summed E-state index contributed by atoms with van der Waals surface area (Å²) in [7, 11) is -2.14. The molecule has 1 N–H and O–H groups in total. The van der Waals surface area contributed by atoms with Gasteiger partial charge in [-0.25, -0.2) is 8.42 Å². The van der Waals surface area contributed by atoms with Crippen molar-refractivity contribution in [1.29, 1.82) is 0 Å². The van der Waals surface area contributed by atoms with Crippen LogP contribution in [0.4, 0.5) is 24.5 Å². The van der Waals surface area contributed by atoms with E-state index in [0.717, 1.165) is 24.1 Å². The van der Waals surface area contributed by atoms with Gasteiger partial charge in [0.05, 0.1) is 36.4 Å². The fourth-order valence-corrected chi connectivity index (χ4v) is 5.53. The predicted octanol–water partition coefficient (Wildman–Crippen LogP) is 6.01. The Morgan fingerprint density at radius 3 is 2.44 bits per heavy atom. The maximum Gasteiger partial charge on any atom is 0.417 e. The number of sulfonamides is 1. The Kier molecular flexibility index (Phi) is 9.42. The van der Waals surface area contributed by atoms with Crippen molar-refractivity contribution in [2.24, 2.45) is 0 Å². The Morgan fingerprint density at radius 1 is 0.956 bits per heavy atom. The van der Waals surface area contributed by atoms with Crippen LogP contribution >= 0.6 is 0 Å². The van der Waals surface area contributed by atoms with Gasteiger partial charge >= 0.3 is 6.18 Å². The molecule has 0 radical (unpaired) electrons. The summed E-state index contributed by atoms with van der Waals surface area (Å²) in [5, 5.41) is 0. The zero-order chi connectivity index (χ0) is 32.2. The van der Waals surface area contributed by atoms with Gasteiger partial charge in [-0.1, -0.05) is 36.4 Å². The van der Waals surface area contributed by atoms with Crippen molar-refractivity contribution < 1.29 is 40.6 Å². The number of aromatic nitrogens is 1. The summed E-state index contributed by atoms with van der Waals surface area (Å²) in [5.41, 5.74) is 2.73. The Hall–Kier alpha value is -4.46. The lowest BCUT2D eigenvalue weighted by molar-refractivity contribution is -0.137. The van der Waals surface area contributed by atoms with Gasteiger partial charge in [0.25, 0.3) is 5.91 Å². The van der Waals surface area contributed by atoms with E-state index >= 15 is 0 Å². The number of carbonyl (C=O) groups excluding carboxylic acids is 1. The van der Waals surface area contributed by atoms with E-state index in [9.17, 15) is 26.4 Å². The quantitative estimate of drug-likeness (QED) is 0.158. The molecule has 1 aliphatic rings. The number of fused-ring (bicyclic) bond motifs is 1. The summed E-state index contributed by atoms with van der Waals surface area (Å²) in [6, 6.07) is 19.6. The Labute approximate surface area is 258 Å². The average Bonchev–Trinajstić information content (AvgIpc) is 3.00. The van der Waals surface area contributed by atoms with Crippen LogP contribution < -0.4 is 14.4 Å². The first-order chi connectivity index (χ1) is 21.4. The first kappa shape index (κ1) is 31.9. The van der Waals surface area contributed by atoms with E-state index in [-0.39, 0.29) is 37.3 Å². The molecule has 9 nitrogen and oxygen atoms in total. The molecule has 0 unspecified atom stereocenters. The van der Waals surface area contributed by atoms with Crippen molar-refractivity contribution in [3.05, 3.63) is 95.7 Å². The van der Waals surface area contributed by atoms with Crippen molar-refractivity contribution >= 4 is 27.3 Å². The molecule has 0 aliphatic carbocycles. The first-order valence-corrected chi connectivity index (χ1v) is 15.7. The lowest BCUT2D eigenvalue weighted by Gasteiger charge is -2.29. The minimum absolute atomic E-state index is 0.140. The first-order valence-electron chi connectivity index (χ1n) is 13.8. The monoisotopic (exact) mass is 641 g/mol. The fourth-order valence-electron chi connectivity index (χ4n) is 4.97. The SMILES string of the molecule is COCCOCOc1ccc(N2CCc3cc(-c4ncc(C(F)(F)F)cc4-c4ccccc4)ccc3C2=O)cc1NS(C)(=O)=O. The minimum Gasteiger partial charge on any atom is -0.465 e. The van der Waals surface area contributed by atoms with Gasteiger partial charge in [-0.2, -0.15) is 13.2 Å². The number of benzene rings is 3. The number of halogens is 3. The van der Waals surface area contributed by atoms with Gasteiger partial charge < -0.3 is 19.1 Å². The van der Waals surface area contributed by atoms with Crippen molar-refractivity contribution in [2.45, 2.75) is 12.6 Å². The third-order valence-corrected chi connectivity index (χ3v) is 7.65. The second-order valence-electron chi connectivity index (χ2n) is 10.3. The smallest absolute Gasteiger partial charge is 0.417 e. The fraction of sp³-hybridized carbons (Fsp3) is 0.250. The number of ether oxygens (including phenoxy) is 3. The van der Waals surface area contributed by atoms with E-state index in [0.29, 0.717) is 46.7 Å². The third kappa shape index (κ3) is 7.62. The number of nitrogens with one attached hydrogen (secondary N) is 1. The van der Waals surface area contributed by atoms with Crippen LogP contribution in [-0.2, 0) is 32.1 Å². The van der Waals surface area contributed by atoms with Crippen molar-refractivity contribution in [3.8, 4) is 28.1 Å². The largest absolute Gasteiger partial charge is 0.465 e. The lowest BCUT2D eigenvalue weighted by atomic mass is 9.92. The van der Waals surface area contributed by atoms with E-state index in [1.165, 1.54) is 18.1 Å². The van der Waals surface area contributed by atoms with Crippen LogP contribution in [-0.4, -0.2) is 59.2 Å². The molecule has 45 heavy (non-hydrogen) atoms. The number of methoxy groups -OCH3 is 1. The minimum atomic E-state index is -4.56. The number of rotatable bonds is 11. The topological polar surface area (TPSA) is 107 Å². The van der Waals surface area contributed by atoms with E-state index in [1.54, 1.807) is 60.7 Å². The van der Waals surface area contributed by atoms with Gasteiger partial charge in [0, 0.05) is 42.2 Å². The number of amides is 1. The van der Waals surface area contributed by atoms with Crippen LogP contribution in [0.15, 0.2) is 79.0 Å². The summed E-state index contributed by atoms with van der Waals surface area (Å²) in [6.07, 6.45) is -2.29. The van der Waals surface area contributed by atoms with Crippen molar-refractivity contribution in [3.63, 3.8) is 0 Å². The summed E-state index contributed by atoms with van der Waals surface area (Å²) in [4.78, 5) is 19.4. The maximum absolute atomic E-state index is 13.6. The molecule has 0 spiro atoms. The average molecular weight is 642 g/mol. The van der Waals surface area contributed by atoms with E-state index in [4.69, 9.17) is 14.2 Å².